The molecule has 0 saturated carbocycles. The van der Waals surface area contributed by atoms with E-state index < -0.39 is 5.91 Å². The first-order valence-electron chi connectivity index (χ1n) is 9.99. The Labute approximate surface area is 200 Å². The van der Waals surface area contributed by atoms with Crippen molar-refractivity contribution in [2.24, 2.45) is 0 Å². The van der Waals surface area contributed by atoms with Crippen LogP contribution < -0.4 is 10.6 Å². The zero-order valence-electron chi connectivity index (χ0n) is 17.8. The van der Waals surface area contributed by atoms with Crippen molar-refractivity contribution in [3.05, 3.63) is 93.7 Å². The van der Waals surface area contributed by atoms with Crippen LogP contribution in [0.4, 0.5) is 5.69 Å². The summed E-state index contributed by atoms with van der Waals surface area (Å²) in [5.74, 6) is -0.546. The molecule has 2 amide bonds. The topological polar surface area (TPSA) is 88.9 Å². The van der Waals surface area contributed by atoms with Crippen molar-refractivity contribution in [3.63, 3.8) is 0 Å². The van der Waals surface area contributed by atoms with Crippen LogP contribution in [0.25, 0.3) is 17.1 Å². The minimum atomic E-state index is -0.484. The number of hydrogen-bond donors (Lipinski definition) is 2. The summed E-state index contributed by atoms with van der Waals surface area (Å²) in [6, 6.07) is 17.6. The minimum absolute atomic E-state index is 0.201. The largest absolute Gasteiger partial charge is 0.355 e. The Morgan fingerprint density at radius 1 is 0.970 bits per heavy atom. The summed E-state index contributed by atoms with van der Waals surface area (Å²) in [6.45, 7) is 1.76. The van der Waals surface area contributed by atoms with Gasteiger partial charge < -0.3 is 10.6 Å². The summed E-state index contributed by atoms with van der Waals surface area (Å²) in [5, 5.41) is 10.7. The molecule has 0 radical (unpaired) electrons. The van der Waals surface area contributed by atoms with Gasteiger partial charge in [-0.15, -0.1) is 0 Å². The van der Waals surface area contributed by atoms with Gasteiger partial charge in [-0.05, 0) is 42.8 Å². The molecule has 2 heterocycles. The van der Waals surface area contributed by atoms with Crippen LogP contribution in [0.15, 0.2) is 66.9 Å². The second kappa shape index (κ2) is 9.44. The van der Waals surface area contributed by atoms with E-state index in [9.17, 15) is 9.59 Å². The molecule has 0 fully saturated rings. The van der Waals surface area contributed by atoms with E-state index in [4.69, 9.17) is 23.2 Å². The van der Waals surface area contributed by atoms with E-state index in [1.807, 2.05) is 30.3 Å². The number of nitrogens with one attached hydrogen (secondary N) is 2. The monoisotopic (exact) mass is 479 g/mol. The van der Waals surface area contributed by atoms with Gasteiger partial charge in [0.2, 0.25) is 0 Å². The fourth-order valence-electron chi connectivity index (χ4n) is 3.39. The van der Waals surface area contributed by atoms with Crippen LogP contribution in [0.2, 0.25) is 10.0 Å². The summed E-state index contributed by atoms with van der Waals surface area (Å²) in [5.41, 5.74) is 2.84. The fourth-order valence-corrected chi connectivity index (χ4v) is 3.86. The molecule has 0 bridgehead atoms. The van der Waals surface area contributed by atoms with Gasteiger partial charge >= 0.3 is 0 Å². The van der Waals surface area contributed by atoms with E-state index >= 15 is 0 Å². The van der Waals surface area contributed by atoms with Crippen molar-refractivity contribution in [3.8, 4) is 17.1 Å². The minimum Gasteiger partial charge on any atom is -0.355 e. The van der Waals surface area contributed by atoms with E-state index in [0.29, 0.717) is 32.8 Å². The van der Waals surface area contributed by atoms with Gasteiger partial charge in [-0.1, -0.05) is 53.5 Å². The van der Waals surface area contributed by atoms with Gasteiger partial charge in [0.15, 0.2) is 5.82 Å². The number of aryl methyl sites for hydroxylation is 1. The fraction of sp³-hybridized carbons (Fsp3) is 0.0833. The van der Waals surface area contributed by atoms with Crippen LogP contribution in [0.5, 0.6) is 0 Å². The summed E-state index contributed by atoms with van der Waals surface area (Å²) < 4.78 is 1.39. The summed E-state index contributed by atoms with van der Waals surface area (Å²) in [6.07, 6.45) is 1.57. The number of rotatable bonds is 5. The van der Waals surface area contributed by atoms with Gasteiger partial charge in [0, 0.05) is 23.8 Å². The normalized spacial score (nSPS) is 10.7. The second-order valence-electron chi connectivity index (χ2n) is 7.18. The lowest BCUT2D eigenvalue weighted by Crippen LogP contribution is -2.23. The molecule has 2 aromatic carbocycles. The Bertz CT molecular complexity index is 1350. The number of nitrogens with zero attached hydrogens (tertiary/aromatic N) is 3. The zero-order valence-corrected chi connectivity index (χ0v) is 19.3. The average molecular weight is 480 g/mol. The number of carbonyl (C=O) groups is 2. The molecule has 4 aromatic rings. The molecule has 9 heteroatoms. The molecule has 0 unspecified atom stereocenters. The molecule has 166 valence electrons. The van der Waals surface area contributed by atoms with Gasteiger partial charge in [-0.3, -0.25) is 9.59 Å². The maximum Gasteiger partial charge on any atom is 0.274 e. The van der Waals surface area contributed by atoms with Crippen LogP contribution in [0.3, 0.4) is 0 Å². The number of pyridine rings is 1. The molecular weight excluding hydrogens is 461 g/mol. The number of halogens is 2. The molecule has 0 aliphatic carbocycles. The predicted molar refractivity (Wildman–Crippen MR) is 129 cm³/mol. The molecule has 33 heavy (non-hydrogen) atoms. The maximum absolute atomic E-state index is 13.5. The lowest BCUT2D eigenvalue weighted by Gasteiger charge is -2.14. The second-order valence-corrected chi connectivity index (χ2v) is 8.02. The molecule has 0 saturated heterocycles. The van der Waals surface area contributed by atoms with Gasteiger partial charge in [0.1, 0.15) is 5.69 Å². The van der Waals surface area contributed by atoms with Crippen LogP contribution in [0, 0.1) is 6.92 Å². The first-order chi connectivity index (χ1) is 15.9. The standard InChI is InChI=1S/C24H19Cl2N5O2/c1-14-11-16(25)12-17(23(32)27-2)21(14)29-24(33)20-13-19(15-7-4-3-5-8-15)30-31(20)22-18(26)9-6-10-28-22/h3-13H,1-2H3,(H,27,32)(H,29,33). The zero-order chi connectivity index (χ0) is 23.5. The lowest BCUT2D eigenvalue weighted by molar-refractivity contribution is 0.0964. The first-order valence-corrected chi connectivity index (χ1v) is 10.7. The molecule has 2 N–H and O–H groups in total. The Balaban J connectivity index is 1.82. The molecule has 0 aliphatic heterocycles. The van der Waals surface area contributed by atoms with E-state index in [1.165, 1.54) is 17.8 Å². The third-order valence-electron chi connectivity index (χ3n) is 4.96. The molecule has 7 nitrogen and oxygen atoms in total. The summed E-state index contributed by atoms with van der Waals surface area (Å²) in [4.78, 5) is 30.2. The number of hydrogen-bond acceptors (Lipinski definition) is 4. The summed E-state index contributed by atoms with van der Waals surface area (Å²) in [7, 11) is 1.51. The van der Waals surface area contributed by atoms with Gasteiger partial charge in [-0.2, -0.15) is 5.10 Å². The number of aromatic nitrogens is 3. The molecule has 0 aliphatic rings. The molecule has 2 aromatic heterocycles. The highest BCUT2D eigenvalue weighted by molar-refractivity contribution is 6.32. The molecular formula is C24H19Cl2N5O2. The number of anilines is 1. The van der Waals surface area contributed by atoms with E-state index in [1.54, 1.807) is 37.4 Å². The van der Waals surface area contributed by atoms with Crippen molar-refractivity contribution < 1.29 is 9.59 Å². The average Bonchev–Trinajstić information content (AvgIpc) is 3.26. The Morgan fingerprint density at radius 2 is 1.73 bits per heavy atom. The van der Waals surface area contributed by atoms with Gasteiger partial charge in [-0.25, -0.2) is 9.67 Å². The number of benzene rings is 2. The molecule has 0 atom stereocenters. The first kappa shape index (κ1) is 22.5. The van der Waals surface area contributed by atoms with Crippen LogP contribution >= 0.6 is 23.2 Å². The van der Waals surface area contributed by atoms with E-state index in [2.05, 4.69) is 20.7 Å². The number of carbonyl (C=O) groups excluding carboxylic acids is 2. The highest BCUT2D eigenvalue weighted by Gasteiger charge is 2.23. The van der Waals surface area contributed by atoms with Crippen molar-refractivity contribution in [1.82, 2.24) is 20.1 Å². The van der Waals surface area contributed by atoms with Crippen molar-refractivity contribution in [2.45, 2.75) is 6.92 Å². The number of amides is 2. The Morgan fingerprint density at radius 3 is 2.42 bits per heavy atom. The van der Waals surface area contributed by atoms with Crippen molar-refractivity contribution >= 4 is 40.7 Å². The van der Waals surface area contributed by atoms with E-state index in [-0.39, 0.29) is 17.2 Å². The summed E-state index contributed by atoms with van der Waals surface area (Å²) >= 11 is 12.5. The smallest absolute Gasteiger partial charge is 0.274 e. The Kier molecular flexibility index (Phi) is 6.44. The van der Waals surface area contributed by atoms with Gasteiger partial charge in [0.05, 0.1) is 22.0 Å². The van der Waals surface area contributed by atoms with Crippen LogP contribution in [0.1, 0.15) is 26.4 Å². The van der Waals surface area contributed by atoms with E-state index in [0.717, 1.165) is 5.56 Å². The Hall–Kier alpha value is -3.68. The maximum atomic E-state index is 13.5. The quantitative estimate of drug-likeness (QED) is 0.413. The molecule has 4 rings (SSSR count). The van der Waals surface area contributed by atoms with Gasteiger partial charge in [0.25, 0.3) is 11.8 Å². The van der Waals surface area contributed by atoms with Crippen LogP contribution in [-0.4, -0.2) is 33.6 Å². The lowest BCUT2D eigenvalue weighted by atomic mass is 10.1. The van der Waals surface area contributed by atoms with Crippen molar-refractivity contribution in [1.29, 1.82) is 0 Å². The van der Waals surface area contributed by atoms with Crippen molar-refractivity contribution in [2.75, 3.05) is 12.4 Å². The third-order valence-corrected chi connectivity index (χ3v) is 5.47. The molecule has 0 spiro atoms. The highest BCUT2D eigenvalue weighted by atomic mass is 35.5. The third kappa shape index (κ3) is 4.60. The SMILES string of the molecule is CNC(=O)c1cc(Cl)cc(C)c1NC(=O)c1cc(-c2ccccc2)nn1-c1ncccc1Cl. The predicted octanol–water partition coefficient (Wildman–Crippen LogP) is 5.16. The highest BCUT2D eigenvalue weighted by Crippen LogP contribution is 2.28. The van der Waals surface area contributed by atoms with Crippen LogP contribution in [-0.2, 0) is 0 Å².